The van der Waals surface area contributed by atoms with E-state index in [0.717, 1.165) is 15.4 Å². The zero-order valence-electron chi connectivity index (χ0n) is 64.3. The normalized spacial score (nSPS) is 25.5. The molecule has 2 heterocycles. The van der Waals surface area contributed by atoms with Gasteiger partial charge in [-0.1, -0.05) is 133 Å². The fourth-order valence-electron chi connectivity index (χ4n) is 12.6. The summed E-state index contributed by atoms with van der Waals surface area (Å²) in [5.74, 6) is -11.1. The number of carbonyl (C=O) groups is 13. The largest absolute Gasteiger partial charge is 0.390 e. The Morgan fingerprint density at radius 2 is 0.900 bits per heavy atom. The highest BCUT2D eigenvalue weighted by Crippen LogP contribution is 2.27. The van der Waals surface area contributed by atoms with Crippen molar-refractivity contribution in [1.82, 2.24) is 60.5 Å². The SMILES string of the molecule is CC[C@@H]1NC(=O)[C@H]([C@H](O)[C@H](C)C/C=C/c2ccc(CN3C(=O)C(C)=C(C)C3=O)cc2)N(C)C(=O)[C@H](C(C)C)N(C)C(=O)[C@H](CC(C)C)N(C)C(=O)[C@H](CC(C)C)N(C)C(=O)[C@@H](C)NC(=O)[C@H](C)NC(=O)[C@H](CC(C)C)N(C)C(=O)[C@H](C(C)C)NC(=O)[C@H](CC(C)C)N(C)C(=O)CN(C)C1=O. The van der Waals surface area contributed by atoms with Gasteiger partial charge in [-0.2, -0.15) is 0 Å². The van der Waals surface area contributed by atoms with Crippen molar-refractivity contribution in [2.45, 2.75) is 236 Å². The summed E-state index contributed by atoms with van der Waals surface area (Å²) in [7, 11) is 9.81. The quantitative estimate of drug-likeness (QED) is 0.125. The zero-order chi connectivity index (χ0) is 76.6. The maximum atomic E-state index is 15.5. The number of rotatable bonds is 18. The molecule has 1 aromatic rings. The van der Waals surface area contributed by atoms with Gasteiger partial charge in [-0.05, 0) is 119 Å². The van der Waals surface area contributed by atoms with Gasteiger partial charge in [0.05, 0.1) is 19.2 Å². The maximum Gasteiger partial charge on any atom is 0.257 e. The Morgan fingerprint density at radius 1 is 0.470 bits per heavy atom. The average molecular weight is 1400 g/mol. The molecule has 0 saturated carbocycles. The number of amides is 13. The van der Waals surface area contributed by atoms with Crippen LogP contribution in [0.1, 0.15) is 174 Å². The molecule has 0 aromatic heterocycles. The first-order valence-corrected chi connectivity index (χ1v) is 35.4. The van der Waals surface area contributed by atoms with E-state index in [1.165, 1.54) is 92.6 Å². The van der Waals surface area contributed by atoms with Gasteiger partial charge in [-0.3, -0.25) is 67.2 Å². The summed E-state index contributed by atoms with van der Waals surface area (Å²) in [5, 5.41) is 23.6. The number of allylic oxidation sites excluding steroid dienone is 1. The number of hydrogen-bond acceptors (Lipinski definition) is 14. The van der Waals surface area contributed by atoms with Crippen molar-refractivity contribution in [3.8, 4) is 0 Å². The Balaban J connectivity index is 2.28. The molecule has 13 amide bonds. The van der Waals surface area contributed by atoms with Gasteiger partial charge in [0, 0.05) is 60.5 Å². The maximum absolute atomic E-state index is 15.5. The molecular weight excluding hydrogens is 1280 g/mol. The molecule has 0 aliphatic carbocycles. The number of carbonyl (C=O) groups excluding carboxylic acids is 13. The van der Waals surface area contributed by atoms with E-state index in [4.69, 9.17) is 0 Å². The first-order valence-electron chi connectivity index (χ1n) is 35.4. The van der Waals surface area contributed by atoms with Gasteiger partial charge in [-0.15, -0.1) is 0 Å². The summed E-state index contributed by atoms with van der Waals surface area (Å²) in [6.07, 6.45) is 2.56. The lowest BCUT2D eigenvalue weighted by Gasteiger charge is -2.41. The third-order valence-electron chi connectivity index (χ3n) is 19.2. The monoisotopic (exact) mass is 1400 g/mol. The molecule has 100 heavy (non-hydrogen) atoms. The lowest BCUT2D eigenvalue weighted by molar-refractivity contribution is -0.157. The second-order valence-corrected chi connectivity index (χ2v) is 30.1. The van der Waals surface area contributed by atoms with Crippen molar-refractivity contribution < 1.29 is 67.4 Å². The number of benzene rings is 1. The molecule has 0 bridgehead atoms. The molecule has 5 N–H and O–H groups in total. The summed E-state index contributed by atoms with van der Waals surface area (Å²) >= 11 is 0. The zero-order valence-corrected chi connectivity index (χ0v) is 64.3. The van der Waals surface area contributed by atoms with Gasteiger partial charge in [0.15, 0.2) is 0 Å². The van der Waals surface area contributed by atoms with Crippen LogP contribution in [0.2, 0.25) is 0 Å². The lowest BCUT2D eigenvalue weighted by atomic mass is 9.91. The molecule has 0 unspecified atom stereocenters. The van der Waals surface area contributed by atoms with E-state index in [1.54, 1.807) is 91.8 Å². The van der Waals surface area contributed by atoms with Gasteiger partial charge in [0.25, 0.3) is 11.8 Å². The molecule has 2 aliphatic heterocycles. The smallest absolute Gasteiger partial charge is 0.257 e. The van der Waals surface area contributed by atoms with E-state index in [2.05, 4.69) is 21.3 Å². The van der Waals surface area contributed by atoms with Crippen molar-refractivity contribution in [3.05, 3.63) is 52.6 Å². The highest BCUT2D eigenvalue weighted by molar-refractivity contribution is 6.18. The molecule has 1 fully saturated rings. The summed E-state index contributed by atoms with van der Waals surface area (Å²) in [4.78, 5) is 197. The fourth-order valence-corrected chi connectivity index (χ4v) is 12.6. The topological polar surface area (TPSA) is 316 Å². The number of nitrogens with one attached hydrogen (secondary N) is 4. The van der Waals surface area contributed by atoms with Crippen LogP contribution >= 0.6 is 0 Å². The van der Waals surface area contributed by atoms with Crippen LogP contribution in [0.25, 0.3) is 6.08 Å². The van der Waals surface area contributed by atoms with Crippen molar-refractivity contribution in [2.75, 3.05) is 55.9 Å². The third kappa shape index (κ3) is 22.5. The van der Waals surface area contributed by atoms with Crippen molar-refractivity contribution in [3.63, 3.8) is 0 Å². The van der Waals surface area contributed by atoms with Gasteiger partial charge < -0.3 is 60.7 Å². The Bertz CT molecular complexity index is 3140. The molecule has 26 heteroatoms. The molecule has 2 aliphatic rings. The lowest BCUT2D eigenvalue weighted by Crippen LogP contribution is -2.63. The Labute approximate surface area is 594 Å². The molecule has 0 spiro atoms. The Hall–Kier alpha value is -8.03. The Kier molecular flexibility index (Phi) is 32.9. The molecule has 3 rings (SSSR count). The standard InChI is InChI=1S/C74H120N12O14/c1-26-53-70(96)79(19)39-58(87)80(20)54(34-40(2)3)65(91)78-59(44(10)11)73(99)81(21)55(35-41(4)5)64(90)75-49(17)63(89)76-50(18)69(95)82(22)56(36-42(6)7)71(97)83(23)57(37-43(8)9)72(98)84(24)60(45(12)13)74(100)85(25)61(66(92)77-53)62(88)46(14)28-27-29-51-30-32-52(33-31-51)38-86-67(93)47(15)48(16)68(86)94/h27,29-33,40-46,49-50,53-57,59-62,88H,26,28,34-39H2,1-25H3,(H,75,90)(H,76,89)(H,77,92)(H,78,91)/b29-27+/t46-,49+,50-,53+,54+,55+,56+,57+,59+,60+,61+,62-/m1/s1. The predicted octanol–water partition coefficient (Wildman–Crippen LogP) is 4.61. The molecule has 0 radical (unpaired) electrons. The van der Waals surface area contributed by atoms with Crippen LogP contribution in [-0.2, 0) is 68.9 Å². The molecular formula is C74H120N12O14. The molecule has 26 nitrogen and oxygen atoms in total. The van der Waals surface area contributed by atoms with Gasteiger partial charge in [-0.25, -0.2) is 0 Å². The van der Waals surface area contributed by atoms with Crippen LogP contribution < -0.4 is 21.3 Å². The van der Waals surface area contributed by atoms with Crippen molar-refractivity contribution in [2.24, 2.45) is 41.4 Å². The molecule has 1 aromatic carbocycles. The van der Waals surface area contributed by atoms with Crippen molar-refractivity contribution in [1.29, 1.82) is 0 Å². The number of aliphatic hydroxyl groups excluding tert-OH is 1. The van der Waals surface area contributed by atoms with Crippen LogP contribution in [0.3, 0.4) is 0 Å². The fraction of sp³-hybridized carbons (Fsp3) is 0.689. The number of aliphatic hydroxyl groups is 1. The summed E-state index contributed by atoms with van der Waals surface area (Å²) in [6, 6.07) is -5.62. The van der Waals surface area contributed by atoms with E-state index in [1.807, 2.05) is 55.4 Å². The van der Waals surface area contributed by atoms with Crippen molar-refractivity contribution >= 4 is 82.9 Å². The Morgan fingerprint density at radius 3 is 1.37 bits per heavy atom. The molecule has 560 valence electrons. The van der Waals surface area contributed by atoms with E-state index in [-0.39, 0.29) is 80.6 Å². The molecule has 12 atom stereocenters. The number of imide groups is 1. The molecule has 1 saturated heterocycles. The van der Waals surface area contributed by atoms with Crippen LogP contribution in [0.5, 0.6) is 0 Å². The minimum atomic E-state index is -1.72. The summed E-state index contributed by atoms with van der Waals surface area (Å²) < 4.78 is 0. The first kappa shape index (κ1) is 86.2. The van der Waals surface area contributed by atoms with Gasteiger partial charge >= 0.3 is 0 Å². The predicted molar refractivity (Wildman–Crippen MR) is 383 cm³/mol. The van der Waals surface area contributed by atoms with Crippen LogP contribution in [-0.4, -0.2) is 243 Å². The van der Waals surface area contributed by atoms with E-state index < -0.39 is 156 Å². The number of likely N-dealkylation sites (N-methyl/N-ethyl adjacent to an activating group) is 7. The van der Waals surface area contributed by atoms with Crippen LogP contribution in [0.4, 0.5) is 0 Å². The van der Waals surface area contributed by atoms with Crippen LogP contribution in [0, 0.1) is 41.4 Å². The highest BCUT2D eigenvalue weighted by Gasteiger charge is 2.46. The average Bonchev–Trinajstić information content (AvgIpc) is 1.46. The van der Waals surface area contributed by atoms with Gasteiger partial charge in [0.1, 0.15) is 60.4 Å². The van der Waals surface area contributed by atoms with Gasteiger partial charge in [0.2, 0.25) is 65.0 Å². The summed E-state index contributed by atoms with van der Waals surface area (Å²) in [5.41, 5.74) is 2.25. The van der Waals surface area contributed by atoms with E-state index >= 15 is 19.2 Å². The first-order chi connectivity index (χ1) is 46.3. The second kappa shape index (κ2) is 38.1. The summed E-state index contributed by atoms with van der Waals surface area (Å²) in [6.45, 7) is 30.6. The second-order valence-electron chi connectivity index (χ2n) is 30.1. The van der Waals surface area contributed by atoms with Crippen LogP contribution in [0.15, 0.2) is 41.5 Å². The van der Waals surface area contributed by atoms with E-state index in [9.17, 15) is 48.3 Å². The third-order valence-corrected chi connectivity index (χ3v) is 19.2. The minimum absolute atomic E-state index is 0.0289. The number of nitrogens with zero attached hydrogens (tertiary/aromatic N) is 8. The van der Waals surface area contributed by atoms with E-state index in [0.29, 0.717) is 16.7 Å². The highest BCUT2D eigenvalue weighted by atomic mass is 16.3. The minimum Gasteiger partial charge on any atom is -0.390 e. The number of hydrogen-bond donors (Lipinski definition) is 5.